The number of aliphatic hydroxyl groups is 1. The third kappa shape index (κ3) is 3.23. The van der Waals surface area contributed by atoms with Crippen LogP contribution in [0.5, 0.6) is 11.5 Å². The fourth-order valence-electron chi connectivity index (χ4n) is 6.65. The lowest BCUT2D eigenvalue weighted by Crippen LogP contribution is -2.76. The van der Waals surface area contributed by atoms with Gasteiger partial charge in [0.25, 0.3) is 0 Å². The zero-order valence-electron chi connectivity index (χ0n) is 19.3. The molecule has 1 aromatic carbocycles. The van der Waals surface area contributed by atoms with Gasteiger partial charge in [0, 0.05) is 37.5 Å². The Labute approximate surface area is 194 Å². The van der Waals surface area contributed by atoms with Gasteiger partial charge in [-0.3, -0.25) is 14.5 Å². The average Bonchev–Trinajstić information content (AvgIpc) is 3.15. The first-order chi connectivity index (χ1) is 16.0. The van der Waals surface area contributed by atoms with Gasteiger partial charge in [-0.1, -0.05) is 31.9 Å². The van der Waals surface area contributed by atoms with Crippen molar-refractivity contribution in [2.45, 2.75) is 81.5 Å². The summed E-state index contributed by atoms with van der Waals surface area (Å²) in [6.07, 6.45) is 6.44. The number of hydrogen-bond donors (Lipinski definition) is 1. The number of unbranched alkanes of at least 4 members (excludes halogenated alkanes) is 2. The number of ketones is 1. The maximum absolute atomic E-state index is 13.0. The Kier molecular flexibility index (Phi) is 5.73. The number of rotatable bonds is 9. The number of carbonyl (C=O) groups is 2. The number of hydrogen-bond acceptors (Lipinski definition) is 7. The lowest BCUT2D eigenvalue weighted by atomic mass is 9.49. The molecular weight excluding hydrogens is 422 g/mol. The Bertz CT molecular complexity index is 976. The van der Waals surface area contributed by atoms with Crippen molar-refractivity contribution in [1.29, 1.82) is 0 Å². The highest BCUT2D eigenvalue weighted by atomic mass is 16.7. The lowest BCUT2D eigenvalue weighted by Gasteiger charge is -2.62. The fourth-order valence-corrected chi connectivity index (χ4v) is 6.65. The molecule has 2 fully saturated rings. The summed E-state index contributed by atoms with van der Waals surface area (Å²) in [6, 6.07) is 3.75. The first-order valence-electron chi connectivity index (χ1n) is 12.2. The normalized spacial score (nSPS) is 31.5. The summed E-state index contributed by atoms with van der Waals surface area (Å²) in [7, 11) is 0. The van der Waals surface area contributed by atoms with Crippen LogP contribution in [0, 0.1) is 0 Å². The van der Waals surface area contributed by atoms with Gasteiger partial charge in [0.2, 0.25) is 6.79 Å². The molecule has 7 nitrogen and oxygen atoms in total. The Morgan fingerprint density at radius 3 is 3.00 bits per heavy atom. The van der Waals surface area contributed by atoms with Crippen LogP contribution in [0.25, 0.3) is 0 Å². The molecule has 1 spiro atoms. The number of benzene rings is 1. The molecule has 1 unspecified atom stereocenters. The predicted molar refractivity (Wildman–Crippen MR) is 121 cm³/mol. The van der Waals surface area contributed by atoms with Crippen molar-refractivity contribution in [1.82, 2.24) is 4.90 Å². The van der Waals surface area contributed by atoms with E-state index in [0.29, 0.717) is 50.1 Å². The Balaban J connectivity index is 1.45. The first kappa shape index (κ1) is 22.4. The Hall–Kier alpha value is -2.38. The second-order valence-electron chi connectivity index (χ2n) is 9.78. The third-order valence-corrected chi connectivity index (χ3v) is 8.14. The molecule has 1 saturated carbocycles. The number of carbonyl (C=O) groups excluding carboxylic acids is 2. The van der Waals surface area contributed by atoms with Crippen molar-refractivity contribution in [3.8, 4) is 11.5 Å². The van der Waals surface area contributed by atoms with E-state index < -0.39 is 17.1 Å². The van der Waals surface area contributed by atoms with Crippen molar-refractivity contribution in [2.75, 3.05) is 19.9 Å². The minimum Gasteiger partial charge on any atom is -0.477 e. The van der Waals surface area contributed by atoms with Gasteiger partial charge in [0.05, 0.1) is 11.0 Å². The molecule has 2 aliphatic heterocycles. The number of likely N-dealkylation sites (tertiary alicyclic amines) is 1. The SMILES string of the molecule is C=CCN1CC[C@]23c4c5ccc(OCOC(=O)CCCCC)c4O[C@H]2C(=O)CC[C@@]3(O)C1C5. The van der Waals surface area contributed by atoms with Crippen molar-refractivity contribution in [3.63, 3.8) is 0 Å². The second-order valence-corrected chi connectivity index (χ2v) is 9.78. The van der Waals surface area contributed by atoms with Crippen LogP contribution >= 0.6 is 0 Å². The van der Waals surface area contributed by atoms with Crippen LogP contribution in [-0.4, -0.2) is 59.4 Å². The number of piperidine rings is 1. The Morgan fingerprint density at radius 2 is 2.21 bits per heavy atom. The van der Waals surface area contributed by atoms with E-state index in [4.69, 9.17) is 14.2 Å². The van der Waals surface area contributed by atoms with Gasteiger partial charge in [-0.15, -0.1) is 6.58 Å². The third-order valence-electron chi connectivity index (χ3n) is 8.14. The van der Waals surface area contributed by atoms with Gasteiger partial charge < -0.3 is 19.3 Å². The lowest BCUT2D eigenvalue weighted by molar-refractivity contribution is -0.187. The molecule has 4 aliphatic rings. The topological polar surface area (TPSA) is 85.3 Å². The summed E-state index contributed by atoms with van der Waals surface area (Å²) in [4.78, 5) is 27.3. The van der Waals surface area contributed by atoms with E-state index in [1.807, 2.05) is 18.2 Å². The van der Waals surface area contributed by atoms with Crippen molar-refractivity contribution < 1.29 is 28.9 Å². The Morgan fingerprint density at radius 1 is 1.36 bits per heavy atom. The molecular formula is C26H33NO6. The molecule has 1 aromatic rings. The van der Waals surface area contributed by atoms with Gasteiger partial charge in [-0.05, 0) is 37.3 Å². The van der Waals surface area contributed by atoms with E-state index in [-0.39, 0.29) is 24.6 Å². The predicted octanol–water partition coefficient (Wildman–Crippen LogP) is 3.06. The molecule has 2 heterocycles. The van der Waals surface area contributed by atoms with Crippen LogP contribution in [0.2, 0.25) is 0 Å². The average molecular weight is 456 g/mol. The minimum absolute atomic E-state index is 0.0351. The molecule has 0 radical (unpaired) electrons. The quantitative estimate of drug-likeness (QED) is 0.265. The molecule has 4 atom stereocenters. The van der Waals surface area contributed by atoms with E-state index in [1.165, 1.54) is 0 Å². The van der Waals surface area contributed by atoms with E-state index in [9.17, 15) is 14.7 Å². The summed E-state index contributed by atoms with van der Waals surface area (Å²) in [5.41, 5.74) is 0.207. The van der Waals surface area contributed by atoms with E-state index >= 15 is 0 Å². The van der Waals surface area contributed by atoms with E-state index in [2.05, 4.69) is 18.4 Å². The summed E-state index contributed by atoms with van der Waals surface area (Å²) >= 11 is 0. The molecule has 5 rings (SSSR count). The molecule has 1 saturated heterocycles. The van der Waals surface area contributed by atoms with Crippen LogP contribution < -0.4 is 9.47 Å². The van der Waals surface area contributed by atoms with Crippen LogP contribution in [-0.2, 0) is 26.2 Å². The highest BCUT2D eigenvalue weighted by molar-refractivity contribution is 5.90. The number of esters is 1. The first-order valence-corrected chi connectivity index (χ1v) is 12.2. The molecule has 7 heteroatoms. The molecule has 0 amide bonds. The highest BCUT2D eigenvalue weighted by Crippen LogP contribution is 2.64. The molecule has 178 valence electrons. The van der Waals surface area contributed by atoms with E-state index in [0.717, 1.165) is 36.9 Å². The van der Waals surface area contributed by atoms with Crippen LogP contribution in [0.1, 0.15) is 63.0 Å². The van der Waals surface area contributed by atoms with Gasteiger partial charge in [0.1, 0.15) is 0 Å². The largest absolute Gasteiger partial charge is 0.477 e. The standard InChI is InChI=1S/C26H33NO6/c1-3-5-6-7-21(29)32-16-31-19-9-8-17-15-20-26(30)11-10-18(28)24-25(26,22(17)23(19)33-24)12-14-27(20)13-4-2/h4,8-9,20,24,30H,2-3,5-7,10-16H2,1H3/t20?,24-,25-,26+/m0/s1. The van der Waals surface area contributed by atoms with Crippen molar-refractivity contribution in [2.24, 2.45) is 0 Å². The van der Waals surface area contributed by atoms with E-state index in [1.54, 1.807) is 0 Å². The summed E-state index contributed by atoms with van der Waals surface area (Å²) in [5, 5.41) is 12.2. The smallest absolute Gasteiger partial charge is 0.308 e. The van der Waals surface area contributed by atoms with Crippen LogP contribution in [0.4, 0.5) is 0 Å². The molecule has 2 bridgehead atoms. The van der Waals surface area contributed by atoms with Crippen molar-refractivity contribution in [3.05, 3.63) is 35.9 Å². The van der Waals surface area contributed by atoms with Crippen molar-refractivity contribution >= 4 is 11.8 Å². The number of ether oxygens (including phenoxy) is 3. The van der Waals surface area contributed by atoms with Crippen LogP contribution in [0.3, 0.4) is 0 Å². The zero-order chi connectivity index (χ0) is 23.2. The summed E-state index contributed by atoms with van der Waals surface area (Å²) in [5.74, 6) is 0.741. The zero-order valence-corrected chi connectivity index (χ0v) is 19.3. The van der Waals surface area contributed by atoms with Gasteiger partial charge >= 0.3 is 5.97 Å². The molecule has 1 N–H and O–H groups in total. The second kappa shape index (κ2) is 8.44. The fraction of sp³-hybridized carbons (Fsp3) is 0.615. The number of nitrogens with zero attached hydrogens (tertiary/aromatic N) is 1. The van der Waals surface area contributed by atoms with Gasteiger partial charge in [0.15, 0.2) is 23.4 Å². The molecule has 2 aliphatic carbocycles. The molecule has 0 aromatic heterocycles. The van der Waals surface area contributed by atoms with Gasteiger partial charge in [-0.2, -0.15) is 0 Å². The van der Waals surface area contributed by atoms with Crippen LogP contribution in [0.15, 0.2) is 24.8 Å². The van der Waals surface area contributed by atoms with Gasteiger partial charge in [-0.25, -0.2) is 0 Å². The maximum Gasteiger partial charge on any atom is 0.308 e. The highest BCUT2D eigenvalue weighted by Gasteiger charge is 2.73. The number of Topliss-reactive ketones (excluding diaryl/α,β-unsaturated/α-hetero) is 1. The molecule has 33 heavy (non-hydrogen) atoms. The summed E-state index contributed by atoms with van der Waals surface area (Å²) < 4.78 is 17.4. The minimum atomic E-state index is -1.05. The summed E-state index contributed by atoms with van der Waals surface area (Å²) in [6.45, 7) is 7.24. The maximum atomic E-state index is 13.0. The monoisotopic (exact) mass is 455 g/mol.